The Bertz CT molecular complexity index is 810. The molecular weight excluding hydrogens is 428 g/mol. The van der Waals surface area contributed by atoms with E-state index in [1.54, 1.807) is 17.9 Å². The molecule has 1 atom stereocenters. The maximum Gasteiger partial charge on any atom is 0.242 e. The van der Waals surface area contributed by atoms with Crippen LogP contribution in [-0.4, -0.2) is 28.8 Å². The highest BCUT2D eigenvalue weighted by molar-refractivity contribution is 9.10. The summed E-state index contributed by atoms with van der Waals surface area (Å²) < 4.78 is 0.929. The van der Waals surface area contributed by atoms with Gasteiger partial charge in [0.25, 0.3) is 0 Å². The average molecular weight is 452 g/mol. The normalized spacial score (nSPS) is 11.9. The molecule has 0 saturated carbocycles. The van der Waals surface area contributed by atoms with Crippen LogP contribution in [0.4, 0.5) is 0 Å². The van der Waals surface area contributed by atoms with Crippen molar-refractivity contribution in [3.8, 4) is 0 Å². The maximum atomic E-state index is 13.1. The fourth-order valence-corrected chi connectivity index (χ4v) is 3.38. The zero-order valence-electron chi connectivity index (χ0n) is 15.7. The zero-order valence-corrected chi connectivity index (χ0v) is 18.0. The van der Waals surface area contributed by atoms with Gasteiger partial charge in [0.15, 0.2) is 0 Å². The van der Waals surface area contributed by atoms with Gasteiger partial charge in [0.05, 0.1) is 6.42 Å². The van der Waals surface area contributed by atoms with Crippen LogP contribution in [0.2, 0.25) is 5.02 Å². The average Bonchev–Trinajstić information content (AvgIpc) is 2.60. The van der Waals surface area contributed by atoms with Crippen molar-refractivity contribution in [3.05, 3.63) is 69.2 Å². The van der Waals surface area contributed by atoms with E-state index < -0.39 is 6.04 Å². The Labute approximate surface area is 174 Å². The fourth-order valence-electron chi connectivity index (χ4n) is 2.73. The summed E-state index contributed by atoms with van der Waals surface area (Å²) in [6, 6.07) is 14.4. The molecule has 1 N–H and O–H groups in total. The largest absolute Gasteiger partial charge is 0.352 e. The van der Waals surface area contributed by atoms with E-state index >= 15 is 0 Å². The van der Waals surface area contributed by atoms with Crippen molar-refractivity contribution in [2.45, 2.75) is 45.8 Å². The summed E-state index contributed by atoms with van der Waals surface area (Å²) in [7, 11) is 0. The minimum atomic E-state index is -0.596. The second-order valence-corrected chi connectivity index (χ2v) is 8.08. The Balaban J connectivity index is 2.26. The van der Waals surface area contributed by atoms with Crippen molar-refractivity contribution in [2.75, 3.05) is 0 Å². The predicted molar refractivity (Wildman–Crippen MR) is 113 cm³/mol. The summed E-state index contributed by atoms with van der Waals surface area (Å²) in [5, 5.41) is 3.43. The van der Waals surface area contributed by atoms with Crippen LogP contribution in [0.15, 0.2) is 53.0 Å². The van der Waals surface area contributed by atoms with Crippen LogP contribution in [0.5, 0.6) is 0 Å². The van der Waals surface area contributed by atoms with Crippen molar-refractivity contribution in [3.63, 3.8) is 0 Å². The highest BCUT2D eigenvalue weighted by atomic mass is 79.9. The topological polar surface area (TPSA) is 49.4 Å². The van der Waals surface area contributed by atoms with E-state index in [9.17, 15) is 9.59 Å². The fraction of sp³-hybridized carbons (Fsp3) is 0.333. The van der Waals surface area contributed by atoms with Gasteiger partial charge in [-0.2, -0.15) is 0 Å². The Morgan fingerprint density at radius 1 is 1.11 bits per heavy atom. The first-order chi connectivity index (χ1) is 12.8. The summed E-state index contributed by atoms with van der Waals surface area (Å²) in [6.45, 7) is 5.89. The van der Waals surface area contributed by atoms with E-state index in [1.165, 1.54) is 0 Å². The number of nitrogens with one attached hydrogen (secondary N) is 1. The lowest BCUT2D eigenvalue weighted by atomic mass is 10.1. The van der Waals surface area contributed by atoms with Gasteiger partial charge < -0.3 is 10.2 Å². The molecule has 0 bridgehead atoms. The molecule has 2 aromatic carbocycles. The Hall–Kier alpha value is -1.85. The highest BCUT2D eigenvalue weighted by Gasteiger charge is 2.27. The summed E-state index contributed by atoms with van der Waals surface area (Å²) in [5.41, 5.74) is 1.70. The third kappa shape index (κ3) is 6.36. The van der Waals surface area contributed by atoms with Crippen molar-refractivity contribution in [1.82, 2.24) is 10.2 Å². The molecular formula is C21H24BrClN2O2. The molecule has 2 rings (SSSR count). The molecule has 1 unspecified atom stereocenters. The first-order valence-electron chi connectivity index (χ1n) is 8.85. The first-order valence-corrected chi connectivity index (χ1v) is 10.0. The van der Waals surface area contributed by atoms with Gasteiger partial charge in [0.2, 0.25) is 11.8 Å². The van der Waals surface area contributed by atoms with Crippen LogP contribution in [0.25, 0.3) is 0 Å². The van der Waals surface area contributed by atoms with Crippen molar-refractivity contribution in [1.29, 1.82) is 0 Å². The van der Waals surface area contributed by atoms with E-state index in [0.717, 1.165) is 15.6 Å². The van der Waals surface area contributed by atoms with Crippen LogP contribution in [0.3, 0.4) is 0 Å². The van der Waals surface area contributed by atoms with Crippen LogP contribution in [0.1, 0.15) is 31.9 Å². The smallest absolute Gasteiger partial charge is 0.242 e. The van der Waals surface area contributed by atoms with Crippen LogP contribution in [-0.2, 0) is 22.6 Å². The number of halogens is 2. The Morgan fingerprint density at radius 2 is 1.81 bits per heavy atom. The number of nitrogens with zero attached hydrogens (tertiary/aromatic N) is 1. The molecule has 6 heteroatoms. The zero-order chi connectivity index (χ0) is 20.0. The van der Waals surface area contributed by atoms with E-state index in [0.29, 0.717) is 11.6 Å². The lowest BCUT2D eigenvalue weighted by molar-refractivity contribution is -0.140. The van der Waals surface area contributed by atoms with Crippen LogP contribution >= 0.6 is 27.5 Å². The predicted octanol–water partition coefficient (Wildman–Crippen LogP) is 4.59. The van der Waals surface area contributed by atoms with E-state index in [4.69, 9.17) is 11.6 Å². The molecule has 0 heterocycles. The second kappa shape index (κ2) is 9.90. The number of rotatable bonds is 7. The van der Waals surface area contributed by atoms with Gasteiger partial charge in [0, 0.05) is 22.1 Å². The van der Waals surface area contributed by atoms with Gasteiger partial charge in [0.1, 0.15) is 6.04 Å². The summed E-state index contributed by atoms with van der Waals surface area (Å²) >= 11 is 9.66. The molecule has 0 aromatic heterocycles. The van der Waals surface area contributed by atoms with Crippen molar-refractivity contribution in [2.24, 2.45) is 0 Å². The van der Waals surface area contributed by atoms with E-state index in [1.807, 2.05) is 56.3 Å². The van der Waals surface area contributed by atoms with Crippen LogP contribution < -0.4 is 5.32 Å². The van der Waals surface area contributed by atoms with Crippen LogP contribution in [0, 0.1) is 0 Å². The molecule has 0 spiro atoms. The van der Waals surface area contributed by atoms with Gasteiger partial charge in [-0.25, -0.2) is 0 Å². The molecule has 0 saturated heterocycles. The van der Waals surface area contributed by atoms with Crippen molar-refractivity contribution < 1.29 is 9.59 Å². The Morgan fingerprint density at radius 3 is 2.44 bits per heavy atom. The standard InChI is InChI=1S/C21H24BrClN2O2/c1-14(2)24-21(27)15(3)25(13-16-7-6-9-18(22)11-16)20(26)12-17-8-4-5-10-19(17)23/h4-11,14-15H,12-13H2,1-3H3,(H,24,27). The summed E-state index contributed by atoms with van der Waals surface area (Å²) in [5.74, 6) is -0.318. The second-order valence-electron chi connectivity index (χ2n) is 6.76. The number of hydrogen-bond donors (Lipinski definition) is 1. The minimum Gasteiger partial charge on any atom is -0.352 e. The number of amides is 2. The van der Waals surface area contributed by atoms with E-state index in [2.05, 4.69) is 21.2 Å². The molecule has 4 nitrogen and oxygen atoms in total. The monoisotopic (exact) mass is 450 g/mol. The third-order valence-electron chi connectivity index (χ3n) is 4.14. The quantitative estimate of drug-likeness (QED) is 0.669. The van der Waals surface area contributed by atoms with Gasteiger partial charge in [-0.15, -0.1) is 0 Å². The van der Waals surface area contributed by atoms with Gasteiger partial charge in [-0.05, 0) is 50.1 Å². The molecule has 2 aromatic rings. The van der Waals surface area contributed by atoms with Gasteiger partial charge in [-0.1, -0.05) is 57.9 Å². The Kier molecular flexibility index (Phi) is 7.87. The molecule has 0 fully saturated rings. The number of benzene rings is 2. The van der Waals surface area contributed by atoms with Crippen molar-refractivity contribution >= 4 is 39.3 Å². The molecule has 0 aliphatic rings. The lowest BCUT2D eigenvalue weighted by Gasteiger charge is -2.29. The van der Waals surface area contributed by atoms with Gasteiger partial charge >= 0.3 is 0 Å². The molecule has 0 radical (unpaired) electrons. The molecule has 144 valence electrons. The minimum absolute atomic E-state index is 0.00587. The molecule has 2 amide bonds. The summed E-state index contributed by atoms with van der Waals surface area (Å²) in [4.78, 5) is 27.2. The number of hydrogen-bond acceptors (Lipinski definition) is 2. The third-order valence-corrected chi connectivity index (χ3v) is 5.00. The first kappa shape index (κ1) is 21.5. The summed E-state index contributed by atoms with van der Waals surface area (Å²) in [6.07, 6.45) is 0.146. The molecule has 27 heavy (non-hydrogen) atoms. The SMILES string of the molecule is CC(C)NC(=O)C(C)N(Cc1cccc(Br)c1)C(=O)Cc1ccccc1Cl. The number of carbonyl (C=O) groups excluding carboxylic acids is 2. The number of carbonyl (C=O) groups is 2. The molecule has 0 aliphatic carbocycles. The maximum absolute atomic E-state index is 13.1. The van der Waals surface area contributed by atoms with E-state index in [-0.39, 0.29) is 24.3 Å². The van der Waals surface area contributed by atoms with Gasteiger partial charge in [-0.3, -0.25) is 9.59 Å². The lowest BCUT2D eigenvalue weighted by Crippen LogP contribution is -2.49. The highest BCUT2D eigenvalue weighted by Crippen LogP contribution is 2.19. The molecule has 0 aliphatic heterocycles.